The fourth-order valence-corrected chi connectivity index (χ4v) is 13.5. The van der Waals surface area contributed by atoms with Crippen LogP contribution < -0.4 is 0 Å². The molecule has 0 aliphatic rings. The van der Waals surface area contributed by atoms with Gasteiger partial charge in [0.25, 0.3) is 0 Å². The molecule has 0 bridgehead atoms. The van der Waals surface area contributed by atoms with E-state index in [2.05, 4.69) is 340 Å². The number of fused-ring (bicyclic) bond motifs is 8. The highest BCUT2D eigenvalue weighted by molar-refractivity contribution is 6.23. The third-order valence-electron chi connectivity index (χ3n) is 17.7. The average molecular weight is 1090 g/mol. The van der Waals surface area contributed by atoms with Crippen molar-refractivity contribution in [2.45, 2.75) is 0 Å². The molecule has 0 heteroatoms. The minimum Gasteiger partial charge on any atom is -0.0622 e. The predicted octanol–water partition coefficient (Wildman–Crippen LogP) is 24.3. The van der Waals surface area contributed by atoms with Crippen LogP contribution >= 0.6 is 0 Å². The molecule has 0 saturated heterocycles. The van der Waals surface area contributed by atoms with Crippen molar-refractivity contribution in [1.29, 1.82) is 0 Å². The Balaban J connectivity index is 0.000000141. The molecule has 0 unspecified atom stereocenters. The van der Waals surface area contributed by atoms with E-state index < -0.39 is 0 Å². The number of hydrogen-bond acceptors (Lipinski definition) is 0. The van der Waals surface area contributed by atoms with Gasteiger partial charge in [-0.3, -0.25) is 0 Å². The van der Waals surface area contributed by atoms with Crippen molar-refractivity contribution in [2.24, 2.45) is 0 Å². The van der Waals surface area contributed by atoms with Gasteiger partial charge in [0.2, 0.25) is 0 Å². The van der Waals surface area contributed by atoms with E-state index in [9.17, 15) is 0 Å². The van der Waals surface area contributed by atoms with Crippen molar-refractivity contribution in [1.82, 2.24) is 0 Å². The Labute approximate surface area is 500 Å². The van der Waals surface area contributed by atoms with Crippen molar-refractivity contribution in [3.63, 3.8) is 0 Å². The first kappa shape index (κ1) is 50.5. The summed E-state index contributed by atoms with van der Waals surface area (Å²) in [6, 6.07) is 124. The van der Waals surface area contributed by atoms with E-state index >= 15 is 0 Å². The van der Waals surface area contributed by atoms with Gasteiger partial charge in [0.05, 0.1) is 0 Å². The summed E-state index contributed by atoms with van der Waals surface area (Å²) in [6.45, 7) is 0. The van der Waals surface area contributed by atoms with Gasteiger partial charge in [0.15, 0.2) is 0 Å². The molecule has 0 radical (unpaired) electrons. The van der Waals surface area contributed by atoms with Crippen LogP contribution in [0.3, 0.4) is 0 Å². The van der Waals surface area contributed by atoms with Gasteiger partial charge in [0.1, 0.15) is 0 Å². The van der Waals surface area contributed by atoms with Crippen molar-refractivity contribution in [3.05, 3.63) is 340 Å². The third kappa shape index (κ3) is 9.04. The summed E-state index contributed by atoms with van der Waals surface area (Å²) in [7, 11) is 0. The van der Waals surface area contributed by atoms with E-state index in [1.54, 1.807) is 0 Å². The van der Waals surface area contributed by atoms with Gasteiger partial charge in [-0.05, 0) is 188 Å². The van der Waals surface area contributed by atoms with Gasteiger partial charge in [-0.25, -0.2) is 0 Å². The summed E-state index contributed by atoms with van der Waals surface area (Å²) >= 11 is 0. The zero-order chi connectivity index (χ0) is 56.9. The molecule has 17 aromatic rings. The maximum Gasteiger partial charge on any atom is -0.00262 e. The highest BCUT2D eigenvalue weighted by Gasteiger charge is 2.19. The van der Waals surface area contributed by atoms with E-state index in [0.29, 0.717) is 0 Å². The lowest BCUT2D eigenvalue weighted by atomic mass is 9.85. The highest BCUT2D eigenvalue weighted by atomic mass is 14.2. The van der Waals surface area contributed by atoms with Crippen molar-refractivity contribution in [3.8, 4) is 77.9 Å². The predicted molar refractivity (Wildman–Crippen MR) is 371 cm³/mol. The maximum absolute atomic E-state index is 2.36. The van der Waals surface area contributed by atoms with Gasteiger partial charge in [-0.2, -0.15) is 0 Å². The topological polar surface area (TPSA) is 0 Å². The molecule has 0 aliphatic carbocycles. The molecule has 0 aliphatic heterocycles. The Morgan fingerprint density at radius 1 is 0.116 bits per heavy atom. The van der Waals surface area contributed by atoms with Crippen molar-refractivity contribution in [2.75, 3.05) is 0 Å². The zero-order valence-corrected chi connectivity index (χ0v) is 47.3. The summed E-state index contributed by atoms with van der Waals surface area (Å²) in [6.07, 6.45) is 0. The second-order valence-electron chi connectivity index (χ2n) is 22.6. The zero-order valence-electron chi connectivity index (χ0n) is 47.3. The van der Waals surface area contributed by atoms with Crippen LogP contribution in [-0.2, 0) is 0 Å². The lowest BCUT2D eigenvalue weighted by Crippen LogP contribution is -1.91. The molecule has 17 rings (SSSR count). The summed E-state index contributed by atoms with van der Waals surface area (Å²) < 4.78 is 0. The summed E-state index contributed by atoms with van der Waals surface area (Å²) in [4.78, 5) is 0. The number of rotatable bonds is 7. The van der Waals surface area contributed by atoms with Gasteiger partial charge in [0, 0.05) is 0 Å². The lowest BCUT2D eigenvalue weighted by Gasteiger charge is -2.18. The maximum atomic E-state index is 2.36. The Kier molecular flexibility index (Phi) is 12.7. The molecule has 0 atom stereocenters. The highest BCUT2D eigenvalue weighted by Crippen LogP contribution is 2.47. The monoisotopic (exact) mass is 1090 g/mol. The van der Waals surface area contributed by atoms with Gasteiger partial charge in [-0.15, -0.1) is 0 Å². The minimum atomic E-state index is 1.23. The van der Waals surface area contributed by atoms with E-state index in [1.807, 2.05) is 0 Å². The van der Waals surface area contributed by atoms with Crippen LogP contribution in [0.15, 0.2) is 340 Å². The molecule has 0 nitrogen and oxygen atoms in total. The van der Waals surface area contributed by atoms with Gasteiger partial charge >= 0.3 is 0 Å². The van der Waals surface area contributed by atoms with Crippen LogP contribution in [0, 0.1) is 0 Å². The molecule has 86 heavy (non-hydrogen) atoms. The van der Waals surface area contributed by atoms with Crippen LogP contribution in [0.4, 0.5) is 0 Å². The van der Waals surface area contributed by atoms with Crippen LogP contribution in [-0.4, -0.2) is 0 Å². The van der Waals surface area contributed by atoms with E-state index in [1.165, 1.54) is 164 Å². The van der Waals surface area contributed by atoms with Crippen molar-refractivity contribution >= 4 is 86.2 Å². The second kappa shape index (κ2) is 21.5. The number of hydrogen-bond donors (Lipinski definition) is 0. The van der Waals surface area contributed by atoms with Gasteiger partial charge in [-0.1, -0.05) is 315 Å². The summed E-state index contributed by atoms with van der Waals surface area (Å²) in [5, 5.41) is 20.3. The molecular formula is C86H56. The van der Waals surface area contributed by atoms with Crippen molar-refractivity contribution < 1.29 is 0 Å². The first-order chi connectivity index (χ1) is 42.6. The molecule has 400 valence electrons. The average Bonchev–Trinajstić information content (AvgIpc) is 2.39. The molecule has 0 amide bonds. The van der Waals surface area contributed by atoms with Gasteiger partial charge < -0.3 is 0 Å². The quantitative estimate of drug-likeness (QED) is 0.140. The second-order valence-corrected chi connectivity index (χ2v) is 22.6. The van der Waals surface area contributed by atoms with E-state index in [-0.39, 0.29) is 0 Å². The molecular weight excluding hydrogens is 1030 g/mol. The van der Waals surface area contributed by atoms with E-state index in [0.717, 1.165) is 0 Å². The largest absolute Gasteiger partial charge is 0.0622 e. The first-order valence-corrected chi connectivity index (χ1v) is 29.8. The van der Waals surface area contributed by atoms with E-state index in [4.69, 9.17) is 0 Å². The SMILES string of the molecule is c1ccc(-c2ccc3cc(-c4c5ccccc5c(-c5ccc(-c6ccc7ccccc7c6)cc5)c5ccccc45)ccc3c2)cc1.c1ccc2cc(-c3c4ccccc4c(-c4ccc(-c5cccc6ccccc56)cc4)c4ccccc34)ccc2c1. The molecule has 0 fully saturated rings. The Hall–Kier alpha value is -11.2. The normalized spacial score (nSPS) is 11.5. The Morgan fingerprint density at radius 2 is 0.372 bits per heavy atom. The lowest BCUT2D eigenvalue weighted by molar-refractivity contribution is 1.63. The molecule has 17 aromatic carbocycles. The van der Waals surface area contributed by atoms with Crippen LogP contribution in [0.2, 0.25) is 0 Å². The van der Waals surface area contributed by atoms with Crippen LogP contribution in [0.1, 0.15) is 0 Å². The smallest absolute Gasteiger partial charge is 0.00262 e. The fourth-order valence-electron chi connectivity index (χ4n) is 13.5. The standard InChI is InChI=1S/C46H30.C40H26/c1-2-10-31(11-3-1)36-24-25-39-30-40(27-26-38(39)29-36)46-43-16-8-6-14-41(43)45(42-15-7-9-17-44(42)46)34-21-18-33(19-22-34)37-23-20-32-12-4-5-13-35(32)28-37;1-2-12-31-26-32(25-20-27(31)10-1)40-37-17-7-5-15-35(37)39(36-16-6-8-18-38(36)40)30-23-21-29(22-24-30)34-19-9-13-28-11-3-4-14-33(28)34/h1-30H;1-26H. The molecule has 0 saturated carbocycles. The first-order valence-electron chi connectivity index (χ1n) is 29.8. The molecule has 0 aromatic heterocycles. The van der Waals surface area contributed by atoms with Crippen LogP contribution in [0.5, 0.6) is 0 Å². The summed E-state index contributed by atoms with van der Waals surface area (Å²) in [5.41, 5.74) is 17.6. The number of benzene rings is 17. The Morgan fingerprint density at radius 3 is 0.802 bits per heavy atom. The molecule has 0 spiro atoms. The molecule has 0 heterocycles. The minimum absolute atomic E-state index is 1.23. The third-order valence-corrected chi connectivity index (χ3v) is 17.7. The molecule has 0 N–H and O–H groups in total. The summed E-state index contributed by atoms with van der Waals surface area (Å²) in [5.74, 6) is 0. The fraction of sp³-hybridized carbons (Fsp3) is 0. The Bertz CT molecular complexity index is 5320. The van der Waals surface area contributed by atoms with Crippen LogP contribution in [0.25, 0.3) is 164 Å².